The van der Waals surface area contributed by atoms with Gasteiger partial charge in [0.2, 0.25) is 5.89 Å². The molecule has 9 heteroatoms. The molecule has 0 spiro atoms. The van der Waals surface area contributed by atoms with E-state index in [2.05, 4.69) is 31.8 Å². The summed E-state index contributed by atoms with van der Waals surface area (Å²) in [5, 5.41) is 20.0. The average molecular weight is 369 g/mol. The van der Waals surface area contributed by atoms with Gasteiger partial charge in [-0.3, -0.25) is 14.6 Å². The summed E-state index contributed by atoms with van der Waals surface area (Å²) in [6.07, 6.45) is 4.23. The van der Waals surface area contributed by atoms with Gasteiger partial charge in [0.05, 0.1) is 6.61 Å². The SMILES string of the molecule is CCCc1nc(N2CCC(N3CCN(CCO)CC3)CC2)no1.O=CO. The molecule has 0 unspecified atom stereocenters. The van der Waals surface area contributed by atoms with Gasteiger partial charge < -0.3 is 19.6 Å². The van der Waals surface area contributed by atoms with Crippen LogP contribution >= 0.6 is 0 Å². The number of β-amino-alcohol motifs (C(OH)–C–C–N with tert-alkyl or cyclic N) is 1. The number of piperazine rings is 1. The van der Waals surface area contributed by atoms with Crippen molar-refractivity contribution in [2.75, 3.05) is 57.3 Å². The van der Waals surface area contributed by atoms with Crippen LogP contribution in [0.15, 0.2) is 4.52 Å². The standard InChI is InChI=1S/C16H29N5O2.CH2O2/c1-2-3-15-17-16(18-23-15)21-6-4-14(5-7-21)20-10-8-19(9-11-20)12-13-22;2-1-3/h14,22H,2-13H2,1H3;1H,(H,2,3). The van der Waals surface area contributed by atoms with Crippen LogP contribution in [-0.4, -0.2) is 95.1 Å². The number of carbonyl (C=O) groups is 1. The van der Waals surface area contributed by atoms with Crippen LogP contribution in [0, 0.1) is 0 Å². The fourth-order valence-electron chi connectivity index (χ4n) is 3.61. The normalized spacial score (nSPS) is 19.8. The zero-order valence-electron chi connectivity index (χ0n) is 15.6. The van der Waals surface area contributed by atoms with Crippen LogP contribution in [0.1, 0.15) is 32.1 Å². The Morgan fingerprint density at radius 1 is 1.19 bits per heavy atom. The fraction of sp³-hybridized carbons (Fsp3) is 0.824. The lowest BCUT2D eigenvalue weighted by atomic mass is 10.0. The molecule has 0 aliphatic carbocycles. The monoisotopic (exact) mass is 369 g/mol. The lowest BCUT2D eigenvalue weighted by Gasteiger charge is -2.42. The number of aromatic nitrogens is 2. The number of carboxylic acid groups (broad SMARTS) is 1. The molecule has 3 heterocycles. The average Bonchev–Trinajstić information content (AvgIpc) is 3.13. The largest absolute Gasteiger partial charge is 0.483 e. The molecule has 148 valence electrons. The summed E-state index contributed by atoms with van der Waals surface area (Å²) in [6.45, 7) is 9.35. The second-order valence-corrected chi connectivity index (χ2v) is 6.66. The van der Waals surface area contributed by atoms with Crippen LogP contribution in [0.3, 0.4) is 0 Å². The van der Waals surface area contributed by atoms with Gasteiger partial charge in [-0.2, -0.15) is 4.98 Å². The molecule has 2 aliphatic heterocycles. The molecule has 3 rings (SSSR count). The van der Waals surface area contributed by atoms with Crippen LogP contribution in [0.4, 0.5) is 5.95 Å². The summed E-state index contributed by atoms with van der Waals surface area (Å²) in [6, 6.07) is 0.671. The molecule has 2 aliphatic rings. The van der Waals surface area contributed by atoms with Gasteiger partial charge in [0, 0.05) is 58.3 Å². The number of aliphatic hydroxyl groups is 1. The molecular formula is C17H31N5O4. The number of hydrogen-bond acceptors (Lipinski definition) is 8. The summed E-state index contributed by atoms with van der Waals surface area (Å²) in [7, 11) is 0. The summed E-state index contributed by atoms with van der Waals surface area (Å²) >= 11 is 0. The fourth-order valence-corrected chi connectivity index (χ4v) is 3.61. The number of anilines is 1. The van der Waals surface area contributed by atoms with E-state index in [4.69, 9.17) is 19.5 Å². The number of aliphatic hydroxyl groups excluding tert-OH is 1. The quantitative estimate of drug-likeness (QED) is 0.685. The van der Waals surface area contributed by atoms with Crippen molar-refractivity contribution in [3.63, 3.8) is 0 Å². The first-order valence-corrected chi connectivity index (χ1v) is 9.44. The van der Waals surface area contributed by atoms with E-state index in [-0.39, 0.29) is 13.1 Å². The molecule has 26 heavy (non-hydrogen) atoms. The number of hydrogen-bond donors (Lipinski definition) is 2. The van der Waals surface area contributed by atoms with Gasteiger partial charge in [0.1, 0.15) is 0 Å². The third-order valence-corrected chi connectivity index (χ3v) is 5.01. The first-order chi connectivity index (χ1) is 12.7. The Labute approximate surface area is 154 Å². The first kappa shape index (κ1) is 20.6. The molecule has 9 nitrogen and oxygen atoms in total. The maximum absolute atomic E-state index is 9.03. The topological polar surface area (TPSA) is 106 Å². The smallest absolute Gasteiger partial charge is 0.290 e. The Bertz CT molecular complexity index is 511. The van der Waals surface area contributed by atoms with E-state index in [0.717, 1.165) is 83.3 Å². The molecule has 0 bridgehead atoms. The van der Waals surface area contributed by atoms with Crippen molar-refractivity contribution in [3.05, 3.63) is 5.89 Å². The van der Waals surface area contributed by atoms with Crippen molar-refractivity contribution < 1.29 is 19.5 Å². The van der Waals surface area contributed by atoms with E-state index in [1.54, 1.807) is 0 Å². The molecule has 1 aromatic heterocycles. The van der Waals surface area contributed by atoms with Crippen LogP contribution < -0.4 is 4.90 Å². The summed E-state index contributed by atoms with van der Waals surface area (Å²) < 4.78 is 5.30. The van der Waals surface area contributed by atoms with E-state index in [1.165, 1.54) is 0 Å². The number of piperidine rings is 1. The Balaban J connectivity index is 0.000000758. The molecule has 2 N–H and O–H groups in total. The molecule has 0 aromatic carbocycles. The Hall–Kier alpha value is -1.71. The van der Waals surface area contributed by atoms with Gasteiger partial charge in [-0.05, 0) is 24.4 Å². The van der Waals surface area contributed by atoms with Crippen LogP contribution in [-0.2, 0) is 11.2 Å². The zero-order chi connectivity index (χ0) is 18.8. The maximum atomic E-state index is 9.03. The Morgan fingerprint density at radius 3 is 2.42 bits per heavy atom. The lowest BCUT2D eigenvalue weighted by Crippen LogP contribution is -2.53. The van der Waals surface area contributed by atoms with Gasteiger partial charge in [0.25, 0.3) is 12.4 Å². The van der Waals surface area contributed by atoms with Gasteiger partial charge in [0.15, 0.2) is 0 Å². The zero-order valence-corrected chi connectivity index (χ0v) is 15.6. The number of nitrogens with zero attached hydrogens (tertiary/aromatic N) is 5. The van der Waals surface area contributed by atoms with E-state index < -0.39 is 0 Å². The molecule has 1 aromatic rings. The summed E-state index contributed by atoms with van der Waals surface area (Å²) in [5.74, 6) is 1.52. The summed E-state index contributed by atoms with van der Waals surface area (Å²) in [5.41, 5.74) is 0. The van der Waals surface area contributed by atoms with E-state index >= 15 is 0 Å². The Kier molecular flexibility index (Phi) is 8.79. The molecular weight excluding hydrogens is 338 g/mol. The van der Waals surface area contributed by atoms with E-state index in [9.17, 15) is 0 Å². The van der Waals surface area contributed by atoms with Crippen molar-refractivity contribution >= 4 is 12.4 Å². The van der Waals surface area contributed by atoms with Crippen molar-refractivity contribution in [1.82, 2.24) is 19.9 Å². The van der Waals surface area contributed by atoms with Crippen molar-refractivity contribution in [3.8, 4) is 0 Å². The molecule has 0 amide bonds. The van der Waals surface area contributed by atoms with Gasteiger partial charge in [-0.25, -0.2) is 0 Å². The van der Waals surface area contributed by atoms with E-state index in [1.807, 2.05) is 0 Å². The maximum Gasteiger partial charge on any atom is 0.290 e. The summed E-state index contributed by atoms with van der Waals surface area (Å²) in [4.78, 5) is 20.1. The van der Waals surface area contributed by atoms with Crippen molar-refractivity contribution in [1.29, 1.82) is 0 Å². The number of aryl methyl sites for hydroxylation is 1. The van der Waals surface area contributed by atoms with E-state index in [0.29, 0.717) is 6.04 Å². The molecule has 0 radical (unpaired) electrons. The lowest BCUT2D eigenvalue weighted by molar-refractivity contribution is -0.122. The predicted molar refractivity (Wildman–Crippen MR) is 97.3 cm³/mol. The van der Waals surface area contributed by atoms with Crippen molar-refractivity contribution in [2.24, 2.45) is 0 Å². The highest BCUT2D eigenvalue weighted by atomic mass is 16.5. The minimum absolute atomic E-state index is 0.250. The van der Waals surface area contributed by atoms with Crippen LogP contribution in [0.25, 0.3) is 0 Å². The van der Waals surface area contributed by atoms with Gasteiger partial charge >= 0.3 is 0 Å². The number of rotatable bonds is 6. The highest BCUT2D eigenvalue weighted by molar-refractivity contribution is 5.32. The van der Waals surface area contributed by atoms with Gasteiger partial charge in [-0.1, -0.05) is 6.92 Å². The van der Waals surface area contributed by atoms with Crippen LogP contribution in [0.5, 0.6) is 0 Å². The highest BCUT2D eigenvalue weighted by Crippen LogP contribution is 2.21. The molecule has 0 saturated carbocycles. The minimum atomic E-state index is -0.250. The predicted octanol–water partition coefficient (Wildman–Crippen LogP) is 0.302. The van der Waals surface area contributed by atoms with Gasteiger partial charge in [-0.15, -0.1) is 0 Å². The molecule has 0 atom stereocenters. The third-order valence-electron chi connectivity index (χ3n) is 5.01. The first-order valence-electron chi connectivity index (χ1n) is 9.44. The van der Waals surface area contributed by atoms with Crippen molar-refractivity contribution in [2.45, 2.75) is 38.6 Å². The third kappa shape index (κ3) is 5.93. The molecule has 2 saturated heterocycles. The molecule has 2 fully saturated rings. The van der Waals surface area contributed by atoms with Crippen LogP contribution in [0.2, 0.25) is 0 Å². The second-order valence-electron chi connectivity index (χ2n) is 6.66. The highest BCUT2D eigenvalue weighted by Gasteiger charge is 2.28. The minimum Gasteiger partial charge on any atom is -0.483 e. The Morgan fingerprint density at radius 2 is 1.85 bits per heavy atom. The second kappa shape index (κ2) is 11.1.